The molecule has 0 aliphatic carbocycles. The third kappa shape index (κ3) is 3.38. The fraction of sp³-hybridized carbons (Fsp3) is 0.368. The second kappa shape index (κ2) is 6.76. The smallest absolute Gasteiger partial charge is 0.0725 e. The van der Waals surface area contributed by atoms with E-state index >= 15 is 0 Å². The maximum Gasteiger partial charge on any atom is 0.0725 e. The Bertz CT molecular complexity index is 603. The Kier molecular flexibility index (Phi) is 4.77. The third-order valence-corrected chi connectivity index (χ3v) is 5.19. The van der Waals surface area contributed by atoms with Crippen molar-refractivity contribution in [2.75, 3.05) is 0 Å². The van der Waals surface area contributed by atoms with Crippen molar-refractivity contribution in [3.63, 3.8) is 0 Å². The zero-order valence-corrected chi connectivity index (χ0v) is 14.0. The molecule has 1 aliphatic heterocycles. The summed E-state index contributed by atoms with van der Waals surface area (Å²) in [6.45, 7) is 3.74. The molecule has 3 rings (SSSR count). The lowest BCUT2D eigenvalue weighted by Gasteiger charge is -2.13. The first-order valence-electron chi connectivity index (χ1n) is 7.70. The maximum absolute atomic E-state index is 5.49. The molecule has 0 spiro atoms. The Morgan fingerprint density at radius 1 is 1.00 bits per heavy atom. The van der Waals surface area contributed by atoms with Gasteiger partial charge in [0.2, 0.25) is 0 Å². The molecule has 110 valence electrons. The highest BCUT2D eigenvalue weighted by atomic mass is 79.9. The number of rotatable bonds is 5. The van der Waals surface area contributed by atoms with Gasteiger partial charge in [0.15, 0.2) is 0 Å². The van der Waals surface area contributed by atoms with Crippen LogP contribution in [-0.4, -0.2) is 0 Å². The van der Waals surface area contributed by atoms with E-state index in [0.29, 0.717) is 0 Å². The summed E-state index contributed by atoms with van der Waals surface area (Å²) >= 11 is 3.84. The van der Waals surface area contributed by atoms with Crippen LogP contribution >= 0.6 is 15.9 Å². The Morgan fingerprint density at radius 2 is 1.71 bits per heavy atom. The summed E-state index contributed by atoms with van der Waals surface area (Å²) in [6, 6.07) is 15.7. The van der Waals surface area contributed by atoms with Crippen molar-refractivity contribution in [3.05, 3.63) is 70.3 Å². The molecule has 1 unspecified atom stereocenters. The summed E-state index contributed by atoms with van der Waals surface area (Å²) in [7, 11) is 0. The fourth-order valence-corrected chi connectivity index (χ4v) is 3.37. The molecule has 0 fully saturated rings. The van der Waals surface area contributed by atoms with Gasteiger partial charge in [-0.2, -0.15) is 0 Å². The van der Waals surface area contributed by atoms with Crippen LogP contribution in [0.5, 0.6) is 0 Å². The lowest BCUT2D eigenvalue weighted by Crippen LogP contribution is -1.95. The van der Waals surface area contributed by atoms with Crippen LogP contribution in [0.3, 0.4) is 0 Å². The molecule has 0 bridgehead atoms. The van der Waals surface area contributed by atoms with E-state index in [1.165, 1.54) is 47.1 Å². The van der Waals surface area contributed by atoms with E-state index in [-0.39, 0.29) is 4.83 Å². The minimum Gasteiger partial charge on any atom is -0.372 e. The van der Waals surface area contributed by atoms with Crippen LogP contribution in [0.1, 0.15) is 52.4 Å². The number of alkyl halides is 1. The molecule has 2 heteroatoms. The average Bonchev–Trinajstić information content (AvgIpc) is 3.00. The van der Waals surface area contributed by atoms with Gasteiger partial charge in [-0.05, 0) is 40.7 Å². The van der Waals surface area contributed by atoms with Gasteiger partial charge in [0, 0.05) is 0 Å². The average molecular weight is 345 g/mol. The van der Waals surface area contributed by atoms with Crippen LogP contribution < -0.4 is 0 Å². The highest BCUT2D eigenvalue weighted by Crippen LogP contribution is 2.33. The van der Waals surface area contributed by atoms with Crippen molar-refractivity contribution in [1.29, 1.82) is 0 Å². The van der Waals surface area contributed by atoms with E-state index in [1.54, 1.807) is 0 Å². The Hall–Kier alpha value is -1.12. The molecule has 2 aromatic carbocycles. The molecule has 0 radical (unpaired) electrons. The molecular weight excluding hydrogens is 324 g/mol. The first kappa shape index (κ1) is 14.8. The minimum atomic E-state index is 0.253. The monoisotopic (exact) mass is 344 g/mol. The predicted octanol–water partition coefficient (Wildman–Crippen LogP) is 5.54. The van der Waals surface area contributed by atoms with E-state index in [1.807, 2.05) is 0 Å². The normalized spacial score (nSPS) is 15.0. The Morgan fingerprint density at radius 3 is 2.48 bits per heavy atom. The molecule has 0 N–H and O–H groups in total. The Labute approximate surface area is 135 Å². The Balaban J connectivity index is 1.76. The molecular formula is C19H21BrO. The van der Waals surface area contributed by atoms with Gasteiger partial charge < -0.3 is 4.74 Å². The largest absolute Gasteiger partial charge is 0.372 e. The molecule has 1 atom stereocenters. The van der Waals surface area contributed by atoms with E-state index in [4.69, 9.17) is 4.74 Å². The molecule has 0 saturated carbocycles. The lowest BCUT2D eigenvalue weighted by atomic mass is 9.99. The minimum absolute atomic E-state index is 0.253. The summed E-state index contributed by atoms with van der Waals surface area (Å²) in [5, 5.41) is 0. The van der Waals surface area contributed by atoms with Crippen LogP contribution in [0.25, 0.3) is 0 Å². The van der Waals surface area contributed by atoms with Crippen molar-refractivity contribution < 1.29 is 4.74 Å². The van der Waals surface area contributed by atoms with Crippen LogP contribution in [0.4, 0.5) is 0 Å². The molecule has 21 heavy (non-hydrogen) atoms. The van der Waals surface area contributed by atoms with Crippen LogP contribution in [0.2, 0.25) is 0 Å². The van der Waals surface area contributed by atoms with Crippen LogP contribution in [-0.2, 0) is 24.4 Å². The second-order valence-corrected chi connectivity index (χ2v) is 6.64. The van der Waals surface area contributed by atoms with E-state index in [9.17, 15) is 0 Å². The SMILES string of the molecule is CCCCc1ccc(C(Br)c2ccc3c(c2)COC3)cc1. The molecule has 1 heterocycles. The van der Waals surface area contributed by atoms with Crippen molar-refractivity contribution in [2.24, 2.45) is 0 Å². The van der Waals surface area contributed by atoms with E-state index in [0.717, 1.165) is 13.2 Å². The highest BCUT2D eigenvalue weighted by molar-refractivity contribution is 9.09. The molecule has 0 aromatic heterocycles. The number of hydrogen-bond acceptors (Lipinski definition) is 1. The number of ether oxygens (including phenoxy) is 1. The summed E-state index contributed by atoms with van der Waals surface area (Å²) < 4.78 is 5.49. The molecule has 1 nitrogen and oxygen atoms in total. The van der Waals surface area contributed by atoms with Crippen molar-refractivity contribution >= 4 is 15.9 Å². The number of fused-ring (bicyclic) bond motifs is 1. The summed E-state index contributed by atoms with van der Waals surface area (Å²) in [5.74, 6) is 0. The molecule has 0 amide bonds. The third-order valence-electron chi connectivity index (χ3n) is 4.13. The van der Waals surface area contributed by atoms with Gasteiger partial charge in [-0.15, -0.1) is 0 Å². The first-order valence-corrected chi connectivity index (χ1v) is 8.62. The number of aryl methyl sites for hydroxylation is 1. The zero-order chi connectivity index (χ0) is 14.7. The number of hydrogen-bond donors (Lipinski definition) is 0. The summed E-state index contributed by atoms with van der Waals surface area (Å²) in [4.78, 5) is 0.253. The van der Waals surface area contributed by atoms with Gasteiger partial charge in [0.25, 0.3) is 0 Å². The zero-order valence-electron chi connectivity index (χ0n) is 12.4. The highest BCUT2D eigenvalue weighted by Gasteiger charge is 2.15. The molecule has 0 saturated heterocycles. The van der Waals surface area contributed by atoms with Gasteiger partial charge in [-0.1, -0.05) is 71.7 Å². The standard InChI is InChI=1S/C19H21BrO/c1-2-3-4-14-5-7-15(8-6-14)19(20)16-9-10-17-12-21-13-18(17)11-16/h5-11,19H,2-4,12-13H2,1H3. The lowest BCUT2D eigenvalue weighted by molar-refractivity contribution is 0.134. The van der Waals surface area contributed by atoms with E-state index in [2.05, 4.69) is 65.3 Å². The van der Waals surface area contributed by atoms with Crippen molar-refractivity contribution in [2.45, 2.75) is 44.2 Å². The second-order valence-electron chi connectivity index (χ2n) is 5.73. The van der Waals surface area contributed by atoms with Crippen LogP contribution in [0.15, 0.2) is 42.5 Å². The quantitative estimate of drug-likeness (QED) is 0.646. The maximum atomic E-state index is 5.49. The van der Waals surface area contributed by atoms with Crippen molar-refractivity contribution in [1.82, 2.24) is 0 Å². The number of benzene rings is 2. The van der Waals surface area contributed by atoms with Gasteiger partial charge in [-0.3, -0.25) is 0 Å². The van der Waals surface area contributed by atoms with Gasteiger partial charge in [-0.25, -0.2) is 0 Å². The van der Waals surface area contributed by atoms with Gasteiger partial charge in [0.1, 0.15) is 0 Å². The van der Waals surface area contributed by atoms with E-state index < -0.39 is 0 Å². The molecule has 2 aromatic rings. The number of unbranched alkanes of at least 4 members (excludes halogenated alkanes) is 1. The first-order chi connectivity index (χ1) is 10.3. The summed E-state index contributed by atoms with van der Waals surface area (Å²) in [6.07, 6.45) is 3.70. The number of halogens is 1. The predicted molar refractivity (Wildman–Crippen MR) is 90.8 cm³/mol. The van der Waals surface area contributed by atoms with Crippen molar-refractivity contribution in [3.8, 4) is 0 Å². The van der Waals surface area contributed by atoms with Gasteiger partial charge >= 0.3 is 0 Å². The fourth-order valence-electron chi connectivity index (χ4n) is 2.78. The van der Waals surface area contributed by atoms with Gasteiger partial charge in [0.05, 0.1) is 18.0 Å². The topological polar surface area (TPSA) is 9.23 Å². The van der Waals surface area contributed by atoms with Crippen LogP contribution in [0, 0.1) is 0 Å². The molecule has 1 aliphatic rings. The summed E-state index contributed by atoms with van der Waals surface area (Å²) in [5.41, 5.74) is 6.71.